The van der Waals surface area contributed by atoms with Crippen LogP contribution < -0.4 is 0 Å². The molecule has 398 valence electrons. The quantitative estimate of drug-likeness (QED) is 0.133. The van der Waals surface area contributed by atoms with E-state index in [9.17, 15) is 0 Å². The van der Waals surface area contributed by atoms with Gasteiger partial charge in [-0.3, -0.25) is 0 Å². The van der Waals surface area contributed by atoms with Gasteiger partial charge in [-0.25, -0.2) is 0 Å². The van der Waals surface area contributed by atoms with E-state index >= 15 is 0 Å². The second-order valence-electron chi connectivity index (χ2n) is 28.4. The van der Waals surface area contributed by atoms with E-state index in [1.807, 2.05) is 0 Å². The van der Waals surface area contributed by atoms with Crippen molar-refractivity contribution in [3.63, 3.8) is 0 Å². The molecule has 4 aromatic rings. The molecule has 0 saturated heterocycles. The normalized spacial score (nSPS) is 37.3. The van der Waals surface area contributed by atoms with Crippen LogP contribution in [0.4, 0.5) is 0 Å². The average Bonchev–Trinajstić information content (AvgIpc) is 3.98. The number of halogens is 2. The number of benzene rings is 2. The van der Waals surface area contributed by atoms with Gasteiger partial charge in [0.05, 0.1) is 0 Å². The fourth-order valence-electron chi connectivity index (χ4n) is 15.9. The van der Waals surface area contributed by atoms with Gasteiger partial charge in [0.25, 0.3) is 0 Å². The zero-order chi connectivity index (χ0) is 52.3. The molecule has 6 fully saturated rings. The van der Waals surface area contributed by atoms with E-state index in [2.05, 4.69) is 145 Å². The summed E-state index contributed by atoms with van der Waals surface area (Å²) in [6, 6.07) is 20.3. The van der Waals surface area contributed by atoms with E-state index in [0.29, 0.717) is 32.5 Å². The van der Waals surface area contributed by atoms with Crippen LogP contribution in [0.2, 0.25) is 13.1 Å². The molecule has 2 radical (unpaired) electrons. The van der Waals surface area contributed by atoms with Crippen LogP contribution in [0, 0.1) is 35.5 Å². The predicted molar refractivity (Wildman–Crippen MR) is 318 cm³/mol. The van der Waals surface area contributed by atoms with E-state index in [1.54, 1.807) is 54.9 Å². The van der Waals surface area contributed by atoms with Gasteiger partial charge in [-0.2, -0.15) is 0 Å². The van der Waals surface area contributed by atoms with Crippen molar-refractivity contribution < 1.29 is 20.8 Å². The third kappa shape index (κ3) is 12.8. The minimum absolute atomic E-state index is 0.344. The van der Waals surface area contributed by atoms with Gasteiger partial charge in [-0.05, 0) is 119 Å². The Morgan fingerprint density at radius 2 is 0.597 bits per heavy atom. The zero-order valence-corrected chi connectivity index (χ0v) is 53.8. The van der Waals surface area contributed by atoms with Gasteiger partial charge in [0.15, 0.2) is 0 Å². The summed E-state index contributed by atoms with van der Waals surface area (Å²) < 4.78 is 0. The Morgan fingerprint density at radius 1 is 0.389 bits per heavy atom. The molecule has 0 unspecified atom stereocenters. The van der Waals surface area contributed by atoms with Gasteiger partial charge in [-0.1, -0.05) is 211 Å². The van der Waals surface area contributed by atoms with Crippen molar-refractivity contribution in [2.45, 2.75) is 283 Å². The molecule has 6 aliphatic carbocycles. The molecule has 10 rings (SSSR count). The first kappa shape index (κ1) is 59.0. The van der Waals surface area contributed by atoms with Crippen LogP contribution >= 0.6 is 17.0 Å². The van der Waals surface area contributed by atoms with Gasteiger partial charge in [0.1, 0.15) is 0 Å². The fourth-order valence-corrected chi connectivity index (χ4v) is 15.9. The Balaban J connectivity index is 0.000000191. The van der Waals surface area contributed by atoms with Gasteiger partial charge in [0, 0.05) is 9.52 Å². The van der Waals surface area contributed by atoms with E-state index in [-0.39, 0.29) is 0 Å². The van der Waals surface area contributed by atoms with E-state index in [4.69, 9.17) is 17.0 Å². The molecule has 4 aromatic carbocycles. The summed E-state index contributed by atoms with van der Waals surface area (Å²) in [6.07, 6.45) is 33.1. The van der Waals surface area contributed by atoms with Gasteiger partial charge in [-0.15, -0.1) is 91.3 Å². The van der Waals surface area contributed by atoms with Crippen LogP contribution in [0.3, 0.4) is 0 Å². The number of hydrogen-bond donors (Lipinski definition) is 0. The van der Waals surface area contributed by atoms with Crippen LogP contribution in [-0.2, 0) is 53.3 Å². The maximum atomic E-state index is 4.93. The topological polar surface area (TPSA) is 0 Å². The Kier molecular flexibility index (Phi) is 20.1. The Morgan fingerprint density at radius 3 is 0.833 bits per heavy atom. The molecule has 0 heterocycles. The van der Waals surface area contributed by atoms with E-state index in [1.165, 1.54) is 154 Å². The first-order valence-corrected chi connectivity index (χ1v) is 38.5. The van der Waals surface area contributed by atoms with E-state index in [0.717, 1.165) is 45.0 Å². The van der Waals surface area contributed by atoms with Gasteiger partial charge < -0.3 is 0 Å². The summed E-state index contributed by atoms with van der Waals surface area (Å²) in [7, 11) is 11.0. The minimum atomic E-state index is -0.826. The summed E-state index contributed by atoms with van der Waals surface area (Å²) in [6.45, 7) is 34.7. The molecular formula is C68H104Cl2SiZr. The molecule has 0 N–H and O–H groups in total. The molecule has 4 heteroatoms. The second-order valence-corrected chi connectivity index (χ2v) is 33.2. The molecule has 0 atom stereocenters. The number of rotatable bonds is 6. The fraction of sp³-hybridized carbons (Fsp3) is 0.735. The van der Waals surface area contributed by atoms with Crippen LogP contribution in [0.5, 0.6) is 0 Å². The standard InChI is InChI=1S/2C33H49.C2H6Si.2ClH.Zr/c2*1-23-10-16-31(4,17-11-23)28-9-7-8-26-27(28)22-29(32(5)18-12-24(2)13-19-32)30(26)33(6)20-14-25(3)15-21-33;1-3-2;;;/h2*7-9,22-25H,10-21H2,1-6H3;1-2H3;2*1H;/q2*-1;;;;+4/p-2. The Bertz CT molecular complexity index is 2150. The summed E-state index contributed by atoms with van der Waals surface area (Å²) in [5.74, 6) is 5.38. The predicted octanol–water partition coefficient (Wildman–Crippen LogP) is 22.1. The third-order valence-corrected chi connectivity index (χ3v) is 21.9. The molecule has 6 aliphatic rings. The van der Waals surface area contributed by atoms with Crippen molar-refractivity contribution in [1.29, 1.82) is 0 Å². The molecule has 0 aliphatic heterocycles. The average molecular weight is 1110 g/mol. The van der Waals surface area contributed by atoms with Crippen molar-refractivity contribution in [3.05, 3.63) is 81.9 Å². The van der Waals surface area contributed by atoms with Crippen LogP contribution in [-0.4, -0.2) is 9.52 Å². The van der Waals surface area contributed by atoms with Crippen molar-refractivity contribution in [2.75, 3.05) is 0 Å². The first-order valence-electron chi connectivity index (χ1n) is 30.1. The Hall–Kier alpha value is -0.660. The van der Waals surface area contributed by atoms with Crippen LogP contribution in [0.15, 0.2) is 48.5 Å². The second kappa shape index (κ2) is 24.6. The molecule has 0 aromatic heterocycles. The molecule has 0 amide bonds. The van der Waals surface area contributed by atoms with Crippen LogP contribution in [0.1, 0.15) is 271 Å². The number of fused-ring (bicyclic) bond motifs is 2. The van der Waals surface area contributed by atoms with E-state index < -0.39 is 20.8 Å². The van der Waals surface area contributed by atoms with Crippen molar-refractivity contribution in [1.82, 2.24) is 0 Å². The van der Waals surface area contributed by atoms with Crippen molar-refractivity contribution in [3.8, 4) is 0 Å². The third-order valence-electron chi connectivity index (χ3n) is 21.9. The van der Waals surface area contributed by atoms with Crippen molar-refractivity contribution in [2.24, 2.45) is 35.5 Å². The summed E-state index contributed by atoms with van der Waals surface area (Å²) in [4.78, 5) is 0. The Labute approximate surface area is 465 Å². The summed E-state index contributed by atoms with van der Waals surface area (Å²) in [5, 5.41) is 6.50. The van der Waals surface area contributed by atoms with Crippen molar-refractivity contribution >= 4 is 48.1 Å². The SMILES string of the molecule is CC1CCC(C)(c2[cH-]c3c(C4(C)CCC(C)CC4)cccc3c2C2(C)CCC(C)CC2)CC1.CC1CCC(C)(c2[cH-]c3c(C4(C)CCC(C)CC4)cccc3c2C2(C)CCC(C)CC2)CC1.C[Si]C.[Cl][Zr+2][Cl]. The molecule has 0 bridgehead atoms. The first-order chi connectivity index (χ1) is 34.1. The zero-order valence-electron chi connectivity index (χ0n) is 48.8. The molecular weight excluding hydrogens is 1010 g/mol. The van der Waals surface area contributed by atoms with Crippen LogP contribution in [0.25, 0.3) is 21.5 Å². The van der Waals surface area contributed by atoms with Gasteiger partial charge >= 0.3 is 37.9 Å². The molecule has 0 nitrogen and oxygen atoms in total. The number of hydrogen-bond acceptors (Lipinski definition) is 0. The molecule has 0 spiro atoms. The summed E-state index contributed by atoms with van der Waals surface area (Å²) >= 11 is -0.826. The molecule has 72 heavy (non-hydrogen) atoms. The van der Waals surface area contributed by atoms with Gasteiger partial charge in [0.2, 0.25) is 0 Å². The maximum absolute atomic E-state index is 4.93. The summed E-state index contributed by atoms with van der Waals surface area (Å²) in [5.41, 5.74) is 12.5. The molecule has 6 saturated carbocycles. The monoisotopic (exact) mass is 1110 g/mol.